The summed E-state index contributed by atoms with van der Waals surface area (Å²) in [6.07, 6.45) is 5.86. The number of para-hydroxylation sites is 1. The number of hydrogen-bond donors (Lipinski definition) is 2. The minimum atomic E-state index is -0.612. The summed E-state index contributed by atoms with van der Waals surface area (Å²) in [4.78, 5) is 33.2. The second-order valence-electron chi connectivity index (χ2n) is 7.92. The minimum absolute atomic E-state index is 0.0309. The third-order valence-corrected chi connectivity index (χ3v) is 5.83. The number of aliphatic hydroxyl groups excluding tert-OH is 1. The lowest BCUT2D eigenvalue weighted by Gasteiger charge is -2.37. The fourth-order valence-electron chi connectivity index (χ4n) is 4.03. The molecule has 3 heterocycles. The molecule has 1 fully saturated rings. The molecule has 1 saturated heterocycles. The molecule has 2 aromatic rings. The topological polar surface area (TPSA) is 95.0 Å². The number of pyridine rings is 1. The van der Waals surface area contributed by atoms with Crippen LogP contribution in [0.5, 0.6) is 0 Å². The first-order valence-corrected chi connectivity index (χ1v) is 10.9. The van der Waals surface area contributed by atoms with Gasteiger partial charge < -0.3 is 25.0 Å². The van der Waals surface area contributed by atoms with Crippen molar-refractivity contribution in [2.75, 3.05) is 37.7 Å². The molecule has 2 aliphatic heterocycles. The van der Waals surface area contributed by atoms with E-state index in [0.29, 0.717) is 18.7 Å². The summed E-state index contributed by atoms with van der Waals surface area (Å²) < 4.78 is 5.92. The maximum absolute atomic E-state index is 12.8. The van der Waals surface area contributed by atoms with E-state index >= 15 is 0 Å². The highest BCUT2D eigenvalue weighted by Crippen LogP contribution is 2.19. The van der Waals surface area contributed by atoms with E-state index in [1.54, 1.807) is 36.7 Å². The van der Waals surface area contributed by atoms with Crippen molar-refractivity contribution in [2.24, 2.45) is 0 Å². The fourth-order valence-corrected chi connectivity index (χ4v) is 4.03. The molecule has 32 heavy (non-hydrogen) atoms. The van der Waals surface area contributed by atoms with Crippen LogP contribution in [0.15, 0.2) is 67.0 Å². The summed E-state index contributed by atoms with van der Waals surface area (Å²) in [5.41, 5.74) is 1.65. The van der Waals surface area contributed by atoms with Crippen LogP contribution in [0.25, 0.3) is 0 Å². The predicted molar refractivity (Wildman–Crippen MR) is 120 cm³/mol. The van der Waals surface area contributed by atoms with Gasteiger partial charge in [0.2, 0.25) is 5.91 Å². The van der Waals surface area contributed by atoms with Gasteiger partial charge in [-0.2, -0.15) is 0 Å². The van der Waals surface area contributed by atoms with Crippen LogP contribution in [0.2, 0.25) is 0 Å². The van der Waals surface area contributed by atoms with Crippen LogP contribution in [-0.2, 0) is 9.53 Å². The Morgan fingerprint density at radius 1 is 1.03 bits per heavy atom. The van der Waals surface area contributed by atoms with Gasteiger partial charge in [-0.25, -0.2) is 0 Å². The molecular formula is C24H28N4O4. The number of benzene rings is 1. The number of nitrogens with one attached hydrogen (secondary N) is 1. The average Bonchev–Trinajstić information content (AvgIpc) is 2.86. The number of carbonyl (C=O) groups excluding carboxylic acids is 2. The summed E-state index contributed by atoms with van der Waals surface area (Å²) in [7, 11) is 0. The Bertz CT molecular complexity index is 930. The second-order valence-corrected chi connectivity index (χ2v) is 7.92. The molecule has 1 aromatic heterocycles. The van der Waals surface area contributed by atoms with Gasteiger partial charge in [0.1, 0.15) is 6.10 Å². The number of hydrogen-bond acceptors (Lipinski definition) is 6. The molecule has 8 nitrogen and oxygen atoms in total. The van der Waals surface area contributed by atoms with Gasteiger partial charge in [-0.1, -0.05) is 30.4 Å². The summed E-state index contributed by atoms with van der Waals surface area (Å²) in [6, 6.07) is 13.0. The molecule has 0 spiro atoms. The molecule has 4 rings (SSSR count). The van der Waals surface area contributed by atoms with E-state index < -0.39 is 18.2 Å². The second kappa shape index (κ2) is 10.4. The summed E-state index contributed by atoms with van der Waals surface area (Å²) in [5.74, 6) is -0.238. The maximum Gasteiger partial charge on any atom is 0.251 e. The molecule has 8 heteroatoms. The van der Waals surface area contributed by atoms with Gasteiger partial charge in [-0.3, -0.25) is 14.6 Å². The first-order valence-electron chi connectivity index (χ1n) is 10.9. The van der Waals surface area contributed by atoms with Crippen LogP contribution in [0.4, 0.5) is 5.69 Å². The molecule has 0 aliphatic carbocycles. The van der Waals surface area contributed by atoms with Crippen LogP contribution < -0.4 is 10.2 Å². The van der Waals surface area contributed by atoms with E-state index in [4.69, 9.17) is 4.74 Å². The Hall–Kier alpha value is -3.23. The lowest BCUT2D eigenvalue weighted by atomic mass is 10.0. The highest BCUT2D eigenvalue weighted by atomic mass is 16.5. The van der Waals surface area contributed by atoms with Gasteiger partial charge >= 0.3 is 0 Å². The quantitative estimate of drug-likeness (QED) is 0.662. The van der Waals surface area contributed by atoms with Crippen LogP contribution in [0.3, 0.4) is 0 Å². The van der Waals surface area contributed by atoms with Gasteiger partial charge in [0.15, 0.2) is 0 Å². The van der Waals surface area contributed by atoms with Crippen molar-refractivity contribution in [3.63, 3.8) is 0 Å². The average molecular weight is 437 g/mol. The van der Waals surface area contributed by atoms with Crippen molar-refractivity contribution in [2.45, 2.75) is 24.7 Å². The number of piperazine rings is 1. The zero-order chi connectivity index (χ0) is 22.3. The molecule has 2 aliphatic rings. The third kappa shape index (κ3) is 5.33. The van der Waals surface area contributed by atoms with Crippen molar-refractivity contribution < 1.29 is 19.4 Å². The highest BCUT2D eigenvalue weighted by molar-refractivity contribution is 5.94. The van der Waals surface area contributed by atoms with E-state index in [1.807, 2.05) is 23.1 Å². The van der Waals surface area contributed by atoms with E-state index in [-0.39, 0.29) is 24.8 Å². The summed E-state index contributed by atoms with van der Waals surface area (Å²) >= 11 is 0. The molecule has 0 saturated carbocycles. The van der Waals surface area contributed by atoms with Crippen LogP contribution in [-0.4, -0.2) is 77.8 Å². The molecule has 0 unspecified atom stereocenters. The number of rotatable bonds is 6. The van der Waals surface area contributed by atoms with Crippen molar-refractivity contribution in [1.82, 2.24) is 15.2 Å². The predicted octanol–water partition coefficient (Wildman–Crippen LogP) is 1.23. The Kier molecular flexibility index (Phi) is 7.14. The standard InChI is InChI=1S/C24H28N4O4/c29-17-22-21(26-24(31)18-8-10-25-11-9-18)7-6-20(32-22)16-23(30)28-14-12-27(13-15-28)19-4-2-1-3-5-19/h1-11,20-22,29H,12-17H2,(H,26,31)/t20-,21+,22+/m0/s1. The largest absolute Gasteiger partial charge is 0.394 e. The molecule has 2 amide bonds. The fraction of sp³-hybridized carbons (Fsp3) is 0.375. The molecular weight excluding hydrogens is 408 g/mol. The number of anilines is 1. The van der Waals surface area contributed by atoms with Crippen molar-refractivity contribution in [3.8, 4) is 0 Å². The first-order chi connectivity index (χ1) is 15.6. The number of nitrogens with zero attached hydrogens (tertiary/aromatic N) is 3. The molecule has 1 aromatic carbocycles. The Morgan fingerprint density at radius 3 is 2.44 bits per heavy atom. The van der Waals surface area contributed by atoms with Gasteiger partial charge in [0.05, 0.1) is 25.2 Å². The monoisotopic (exact) mass is 436 g/mol. The molecule has 3 atom stereocenters. The van der Waals surface area contributed by atoms with Crippen LogP contribution in [0.1, 0.15) is 16.8 Å². The number of amides is 2. The first kappa shape index (κ1) is 22.0. The normalized spacial score (nSPS) is 23.1. The highest BCUT2D eigenvalue weighted by Gasteiger charge is 2.31. The SMILES string of the molecule is O=C(N[C@@H]1C=C[C@@H](CC(=O)N2CCN(c3ccccc3)CC2)O[C@@H]1CO)c1ccncc1. The number of aliphatic hydroxyl groups is 1. The summed E-state index contributed by atoms with van der Waals surface area (Å²) in [6.45, 7) is 2.65. The lowest BCUT2D eigenvalue weighted by molar-refractivity contribution is -0.135. The van der Waals surface area contributed by atoms with E-state index in [1.165, 1.54) is 5.69 Å². The molecule has 0 bridgehead atoms. The Morgan fingerprint density at radius 2 is 1.75 bits per heavy atom. The Balaban J connectivity index is 1.29. The van der Waals surface area contributed by atoms with E-state index in [0.717, 1.165) is 13.1 Å². The number of aromatic nitrogens is 1. The van der Waals surface area contributed by atoms with Crippen LogP contribution in [0, 0.1) is 0 Å². The van der Waals surface area contributed by atoms with Gasteiger partial charge in [0.25, 0.3) is 5.91 Å². The van der Waals surface area contributed by atoms with Crippen molar-refractivity contribution in [3.05, 3.63) is 72.6 Å². The molecule has 168 valence electrons. The van der Waals surface area contributed by atoms with Gasteiger partial charge in [-0.05, 0) is 24.3 Å². The van der Waals surface area contributed by atoms with Crippen LogP contribution >= 0.6 is 0 Å². The maximum atomic E-state index is 12.8. The van der Waals surface area contributed by atoms with Crippen molar-refractivity contribution >= 4 is 17.5 Å². The zero-order valence-electron chi connectivity index (χ0n) is 17.8. The smallest absolute Gasteiger partial charge is 0.251 e. The molecule has 2 N–H and O–H groups in total. The Labute approximate surface area is 187 Å². The number of carbonyl (C=O) groups is 2. The number of ether oxygens (including phenoxy) is 1. The lowest BCUT2D eigenvalue weighted by Crippen LogP contribution is -2.51. The zero-order valence-corrected chi connectivity index (χ0v) is 17.8. The van der Waals surface area contributed by atoms with Gasteiger partial charge in [-0.15, -0.1) is 0 Å². The molecule has 0 radical (unpaired) electrons. The van der Waals surface area contributed by atoms with Gasteiger partial charge in [0, 0.05) is 49.8 Å². The van der Waals surface area contributed by atoms with E-state index in [9.17, 15) is 14.7 Å². The van der Waals surface area contributed by atoms with E-state index in [2.05, 4.69) is 27.3 Å². The van der Waals surface area contributed by atoms with Crippen molar-refractivity contribution in [1.29, 1.82) is 0 Å². The third-order valence-electron chi connectivity index (χ3n) is 5.83. The minimum Gasteiger partial charge on any atom is -0.394 e. The summed E-state index contributed by atoms with van der Waals surface area (Å²) in [5, 5.41) is 12.6.